The normalized spacial score (nSPS) is 35.9. The van der Waals surface area contributed by atoms with Crippen LogP contribution in [0.1, 0.15) is 48.9 Å². The third-order valence-electron chi connectivity index (χ3n) is 6.11. The van der Waals surface area contributed by atoms with E-state index in [1.54, 1.807) is 12.4 Å². The van der Waals surface area contributed by atoms with E-state index < -0.39 is 0 Å². The molecular weight excluding hydrogens is 274 g/mol. The number of rotatable bonds is 2. The summed E-state index contributed by atoms with van der Waals surface area (Å²) >= 11 is 0. The van der Waals surface area contributed by atoms with Gasteiger partial charge in [-0.05, 0) is 68.4 Å². The van der Waals surface area contributed by atoms with Crippen LogP contribution in [0.3, 0.4) is 0 Å². The Morgan fingerprint density at radius 1 is 1.18 bits per heavy atom. The van der Waals surface area contributed by atoms with Crippen molar-refractivity contribution in [2.24, 2.45) is 17.8 Å². The Bertz CT molecular complexity index is 712. The number of pyridine rings is 1. The van der Waals surface area contributed by atoms with E-state index in [1.165, 1.54) is 38.5 Å². The van der Waals surface area contributed by atoms with Gasteiger partial charge in [0.25, 0.3) is 5.91 Å². The number of aromatic amines is 1. The molecule has 0 aliphatic heterocycles. The zero-order valence-electron chi connectivity index (χ0n) is 12.6. The molecule has 4 bridgehead atoms. The van der Waals surface area contributed by atoms with Crippen LogP contribution in [0.4, 0.5) is 0 Å². The van der Waals surface area contributed by atoms with Gasteiger partial charge in [-0.15, -0.1) is 0 Å². The summed E-state index contributed by atoms with van der Waals surface area (Å²) in [4.78, 5) is 20.2. The van der Waals surface area contributed by atoms with Gasteiger partial charge < -0.3 is 10.3 Å². The number of H-pyrrole nitrogens is 1. The van der Waals surface area contributed by atoms with Crippen LogP contribution >= 0.6 is 0 Å². The first kappa shape index (κ1) is 12.7. The van der Waals surface area contributed by atoms with Crippen LogP contribution in [0.15, 0.2) is 24.5 Å². The molecular formula is C18H21N3O. The average Bonchev–Trinajstić information content (AvgIpc) is 2.89. The number of carbonyl (C=O) groups excluding carboxylic acids is 1. The molecule has 22 heavy (non-hydrogen) atoms. The molecule has 4 heteroatoms. The summed E-state index contributed by atoms with van der Waals surface area (Å²) in [5, 5.41) is 4.35. The molecule has 0 saturated heterocycles. The Hall–Kier alpha value is -1.84. The van der Waals surface area contributed by atoms with Crippen molar-refractivity contribution in [3.8, 4) is 0 Å². The molecule has 2 N–H and O–H groups in total. The Morgan fingerprint density at radius 2 is 1.86 bits per heavy atom. The minimum absolute atomic E-state index is 0.0671. The Morgan fingerprint density at radius 3 is 2.55 bits per heavy atom. The Labute approximate surface area is 129 Å². The number of fused-ring (bicyclic) bond motifs is 1. The number of carbonyl (C=O) groups is 1. The third-order valence-corrected chi connectivity index (χ3v) is 6.11. The van der Waals surface area contributed by atoms with Crippen molar-refractivity contribution in [3.05, 3.63) is 30.1 Å². The second-order valence-corrected chi connectivity index (χ2v) is 7.75. The van der Waals surface area contributed by atoms with Crippen molar-refractivity contribution >= 4 is 16.9 Å². The van der Waals surface area contributed by atoms with Crippen LogP contribution in [0.25, 0.3) is 11.0 Å². The number of nitrogens with one attached hydrogen (secondary N) is 2. The van der Waals surface area contributed by atoms with Crippen molar-refractivity contribution in [2.45, 2.75) is 44.1 Å². The van der Waals surface area contributed by atoms with E-state index in [1.807, 2.05) is 12.1 Å². The van der Waals surface area contributed by atoms with Gasteiger partial charge in [-0.2, -0.15) is 0 Å². The predicted molar refractivity (Wildman–Crippen MR) is 84.5 cm³/mol. The summed E-state index contributed by atoms with van der Waals surface area (Å²) < 4.78 is 0. The Balaban J connectivity index is 1.45. The monoisotopic (exact) mass is 295 g/mol. The average molecular weight is 295 g/mol. The largest absolute Gasteiger partial charge is 0.347 e. The molecule has 4 aliphatic carbocycles. The predicted octanol–water partition coefficient (Wildman–Crippen LogP) is 3.26. The summed E-state index contributed by atoms with van der Waals surface area (Å²) in [5.74, 6) is 2.60. The van der Waals surface area contributed by atoms with Crippen LogP contribution < -0.4 is 5.32 Å². The molecule has 0 atom stereocenters. The topological polar surface area (TPSA) is 57.8 Å². The molecule has 4 nitrogen and oxygen atoms in total. The first-order valence-corrected chi connectivity index (χ1v) is 8.45. The maximum absolute atomic E-state index is 12.8. The highest BCUT2D eigenvalue weighted by atomic mass is 16.1. The minimum atomic E-state index is 0.0671. The number of hydrogen-bond acceptors (Lipinski definition) is 2. The first-order chi connectivity index (χ1) is 10.7. The fourth-order valence-corrected chi connectivity index (χ4v) is 5.72. The van der Waals surface area contributed by atoms with Crippen LogP contribution in [0, 0.1) is 17.8 Å². The lowest BCUT2D eigenvalue weighted by Crippen LogP contribution is -2.59. The number of aromatic nitrogens is 2. The molecule has 4 saturated carbocycles. The number of nitrogens with zero attached hydrogens (tertiary/aromatic N) is 1. The zero-order valence-corrected chi connectivity index (χ0v) is 12.6. The van der Waals surface area contributed by atoms with Gasteiger partial charge in [0.05, 0.1) is 5.56 Å². The van der Waals surface area contributed by atoms with Crippen molar-refractivity contribution in [2.75, 3.05) is 0 Å². The van der Waals surface area contributed by atoms with Gasteiger partial charge in [0.15, 0.2) is 0 Å². The summed E-state index contributed by atoms with van der Waals surface area (Å²) in [6.07, 6.45) is 11.3. The molecule has 1 amide bonds. The lowest BCUT2D eigenvalue weighted by atomic mass is 9.53. The van der Waals surface area contributed by atoms with Crippen molar-refractivity contribution < 1.29 is 4.79 Å². The smallest absolute Gasteiger partial charge is 0.253 e. The molecule has 0 spiro atoms. The standard InChI is InChI=1S/C18H21N3O/c22-17(15-10-20-16-14(15)2-1-3-19-16)21-18-7-11-4-12(8-18)6-13(5-11)9-18/h1-3,10-13H,4-9H2,(H,19,20)(H,21,22). The van der Waals surface area contributed by atoms with Crippen molar-refractivity contribution in [1.29, 1.82) is 0 Å². The van der Waals surface area contributed by atoms with Crippen LogP contribution in [-0.4, -0.2) is 21.4 Å². The summed E-state index contributed by atoms with van der Waals surface area (Å²) in [6, 6.07) is 3.85. The second kappa shape index (κ2) is 4.34. The molecule has 114 valence electrons. The van der Waals surface area contributed by atoms with Gasteiger partial charge in [0, 0.05) is 23.3 Å². The molecule has 0 unspecified atom stereocenters. The molecule has 2 aromatic rings. The summed E-state index contributed by atoms with van der Waals surface area (Å²) in [7, 11) is 0. The first-order valence-electron chi connectivity index (χ1n) is 8.45. The van der Waals surface area contributed by atoms with E-state index in [0.29, 0.717) is 0 Å². The SMILES string of the molecule is O=C(NC12CC3CC(CC(C3)C1)C2)c1c[nH]c2ncccc12. The van der Waals surface area contributed by atoms with Gasteiger partial charge in [-0.25, -0.2) is 4.98 Å². The van der Waals surface area contributed by atoms with E-state index in [0.717, 1.165) is 34.4 Å². The van der Waals surface area contributed by atoms with Gasteiger partial charge in [0.2, 0.25) is 0 Å². The molecule has 2 aromatic heterocycles. The van der Waals surface area contributed by atoms with Gasteiger partial charge >= 0.3 is 0 Å². The van der Waals surface area contributed by atoms with E-state index >= 15 is 0 Å². The zero-order chi connectivity index (χ0) is 14.7. The van der Waals surface area contributed by atoms with Gasteiger partial charge in [-0.3, -0.25) is 4.79 Å². The van der Waals surface area contributed by atoms with E-state index in [4.69, 9.17) is 0 Å². The van der Waals surface area contributed by atoms with Gasteiger partial charge in [-0.1, -0.05) is 0 Å². The quantitative estimate of drug-likeness (QED) is 0.893. The van der Waals surface area contributed by atoms with Crippen LogP contribution in [0.5, 0.6) is 0 Å². The van der Waals surface area contributed by atoms with Crippen LogP contribution in [0.2, 0.25) is 0 Å². The summed E-state index contributed by atoms with van der Waals surface area (Å²) in [5.41, 5.74) is 1.59. The minimum Gasteiger partial charge on any atom is -0.347 e. The molecule has 4 aliphatic rings. The third kappa shape index (κ3) is 1.82. The van der Waals surface area contributed by atoms with E-state index in [-0.39, 0.29) is 11.4 Å². The second-order valence-electron chi connectivity index (χ2n) is 7.75. The van der Waals surface area contributed by atoms with E-state index in [2.05, 4.69) is 15.3 Å². The molecule has 0 aromatic carbocycles. The lowest BCUT2D eigenvalue weighted by molar-refractivity contribution is -0.0166. The maximum atomic E-state index is 12.8. The molecule has 6 rings (SSSR count). The fraction of sp³-hybridized carbons (Fsp3) is 0.556. The summed E-state index contributed by atoms with van der Waals surface area (Å²) in [6.45, 7) is 0. The lowest BCUT2D eigenvalue weighted by Gasteiger charge is -2.56. The van der Waals surface area contributed by atoms with Crippen molar-refractivity contribution in [3.63, 3.8) is 0 Å². The number of hydrogen-bond donors (Lipinski definition) is 2. The highest BCUT2D eigenvalue weighted by Crippen LogP contribution is 2.55. The van der Waals surface area contributed by atoms with Crippen LogP contribution in [-0.2, 0) is 0 Å². The fourth-order valence-electron chi connectivity index (χ4n) is 5.72. The molecule has 0 radical (unpaired) electrons. The van der Waals surface area contributed by atoms with Gasteiger partial charge in [0.1, 0.15) is 5.65 Å². The molecule has 4 fully saturated rings. The van der Waals surface area contributed by atoms with Crippen molar-refractivity contribution in [1.82, 2.24) is 15.3 Å². The van der Waals surface area contributed by atoms with E-state index in [9.17, 15) is 4.79 Å². The molecule has 2 heterocycles. The maximum Gasteiger partial charge on any atom is 0.253 e. The Kier molecular flexibility index (Phi) is 2.50. The highest BCUT2D eigenvalue weighted by Gasteiger charge is 2.51. The number of amides is 1. The highest BCUT2D eigenvalue weighted by molar-refractivity contribution is 6.06.